The van der Waals surface area contributed by atoms with Crippen molar-refractivity contribution in [3.63, 3.8) is 0 Å². The average Bonchev–Trinajstić information content (AvgIpc) is 3.11. The largest absolute Gasteiger partial charge is 0.301 e. The minimum absolute atomic E-state index is 0.0139. The highest BCUT2D eigenvalue weighted by Gasteiger charge is 2.23. The molecule has 2 aromatic carbocycles. The topological polar surface area (TPSA) is 79.4 Å². The van der Waals surface area contributed by atoms with E-state index in [4.69, 9.17) is 11.6 Å². The van der Waals surface area contributed by atoms with Gasteiger partial charge in [-0.15, -0.1) is 11.3 Å². The Hall–Kier alpha value is -2.40. The molecule has 0 saturated heterocycles. The predicted molar refractivity (Wildman–Crippen MR) is 111 cm³/mol. The standard InChI is InChI=1S/C19H16ClF2N3O3S2/c1-25(30(27,28)16-6-3-13(20)4-7-16)11-18(26)24-19-23-10-15(29-19)8-12-2-5-14(21)9-17(12)22/h2-7,9-10H,8,11H2,1H3,(H,23,24,26). The zero-order valence-corrected chi connectivity index (χ0v) is 18.0. The molecular formula is C19H16ClF2N3O3S2. The second-order valence-electron chi connectivity index (χ2n) is 6.31. The van der Waals surface area contributed by atoms with E-state index in [0.29, 0.717) is 15.5 Å². The fraction of sp³-hybridized carbons (Fsp3) is 0.158. The van der Waals surface area contributed by atoms with Gasteiger partial charge in [0.05, 0.1) is 11.4 Å². The second kappa shape index (κ2) is 9.17. The number of nitrogens with one attached hydrogen (secondary N) is 1. The number of carbonyl (C=O) groups excluding carboxylic acids is 1. The summed E-state index contributed by atoms with van der Waals surface area (Å²) in [7, 11) is -2.58. The number of rotatable bonds is 7. The van der Waals surface area contributed by atoms with E-state index in [1.54, 1.807) is 0 Å². The molecule has 158 valence electrons. The van der Waals surface area contributed by atoms with Crippen LogP contribution in [0.2, 0.25) is 5.02 Å². The molecule has 1 aromatic heterocycles. The van der Waals surface area contributed by atoms with E-state index in [0.717, 1.165) is 21.7 Å². The Bertz CT molecular complexity index is 1170. The summed E-state index contributed by atoms with van der Waals surface area (Å²) < 4.78 is 52.7. The SMILES string of the molecule is CN(CC(=O)Nc1ncc(Cc2ccc(F)cc2F)s1)S(=O)(=O)c1ccc(Cl)cc1. The van der Waals surface area contributed by atoms with E-state index >= 15 is 0 Å². The van der Waals surface area contributed by atoms with E-state index in [1.165, 1.54) is 49.6 Å². The van der Waals surface area contributed by atoms with Crippen LogP contribution >= 0.6 is 22.9 Å². The maximum atomic E-state index is 13.8. The molecule has 1 amide bonds. The molecule has 30 heavy (non-hydrogen) atoms. The van der Waals surface area contributed by atoms with Crippen molar-refractivity contribution in [3.8, 4) is 0 Å². The van der Waals surface area contributed by atoms with Crippen LogP contribution in [0.25, 0.3) is 0 Å². The van der Waals surface area contributed by atoms with Gasteiger partial charge in [0.15, 0.2) is 5.13 Å². The molecule has 0 atom stereocenters. The lowest BCUT2D eigenvalue weighted by Crippen LogP contribution is -2.34. The van der Waals surface area contributed by atoms with Crippen LogP contribution in [0.5, 0.6) is 0 Å². The second-order valence-corrected chi connectivity index (χ2v) is 9.90. The number of carbonyl (C=O) groups is 1. The molecule has 0 aliphatic heterocycles. The molecule has 0 radical (unpaired) electrons. The first-order chi connectivity index (χ1) is 14.1. The van der Waals surface area contributed by atoms with E-state index in [9.17, 15) is 22.0 Å². The number of amides is 1. The van der Waals surface area contributed by atoms with Gasteiger partial charge < -0.3 is 5.32 Å². The number of likely N-dealkylation sites (N-methyl/N-ethyl adjacent to an activating group) is 1. The lowest BCUT2D eigenvalue weighted by atomic mass is 10.1. The van der Waals surface area contributed by atoms with Crippen molar-refractivity contribution < 1.29 is 22.0 Å². The van der Waals surface area contributed by atoms with Crippen LogP contribution in [0.4, 0.5) is 13.9 Å². The molecule has 6 nitrogen and oxygen atoms in total. The van der Waals surface area contributed by atoms with Crippen molar-refractivity contribution in [3.05, 3.63) is 75.8 Å². The summed E-state index contributed by atoms with van der Waals surface area (Å²) in [5.41, 5.74) is 0.298. The normalized spacial score (nSPS) is 11.6. The van der Waals surface area contributed by atoms with Gasteiger partial charge in [0.25, 0.3) is 0 Å². The van der Waals surface area contributed by atoms with Gasteiger partial charge in [0, 0.05) is 35.6 Å². The van der Waals surface area contributed by atoms with E-state index in [1.807, 2.05) is 0 Å². The number of anilines is 1. The molecule has 3 aromatic rings. The molecule has 0 saturated carbocycles. The minimum Gasteiger partial charge on any atom is -0.301 e. The third-order valence-corrected chi connectivity index (χ3v) is 7.05. The molecule has 0 spiro atoms. The Morgan fingerprint density at radius 1 is 1.20 bits per heavy atom. The van der Waals surface area contributed by atoms with Crippen LogP contribution in [0.1, 0.15) is 10.4 Å². The van der Waals surface area contributed by atoms with E-state index < -0.39 is 34.1 Å². The van der Waals surface area contributed by atoms with Gasteiger partial charge in [-0.05, 0) is 35.9 Å². The van der Waals surface area contributed by atoms with Crippen molar-refractivity contribution in [2.45, 2.75) is 11.3 Å². The van der Waals surface area contributed by atoms with E-state index in [-0.39, 0.29) is 16.4 Å². The Labute approximate surface area is 181 Å². The summed E-state index contributed by atoms with van der Waals surface area (Å²) >= 11 is 6.88. The Morgan fingerprint density at radius 2 is 1.90 bits per heavy atom. The summed E-state index contributed by atoms with van der Waals surface area (Å²) in [4.78, 5) is 16.9. The molecule has 0 aliphatic rings. The van der Waals surface area contributed by atoms with Crippen LogP contribution in [0.3, 0.4) is 0 Å². The van der Waals surface area contributed by atoms with E-state index in [2.05, 4.69) is 10.3 Å². The van der Waals surface area contributed by atoms with Crippen molar-refractivity contribution in [1.82, 2.24) is 9.29 Å². The monoisotopic (exact) mass is 471 g/mol. The average molecular weight is 472 g/mol. The van der Waals surface area contributed by atoms with Crippen LogP contribution in [-0.2, 0) is 21.2 Å². The Kier molecular flexibility index (Phi) is 6.81. The molecule has 1 heterocycles. The zero-order chi connectivity index (χ0) is 21.9. The van der Waals surface area contributed by atoms with Crippen molar-refractivity contribution in [2.75, 3.05) is 18.9 Å². The minimum atomic E-state index is -3.86. The van der Waals surface area contributed by atoms with Gasteiger partial charge in [0.1, 0.15) is 11.6 Å². The quantitative estimate of drug-likeness (QED) is 0.566. The number of benzene rings is 2. The van der Waals surface area contributed by atoms with Gasteiger partial charge in [0.2, 0.25) is 15.9 Å². The highest BCUT2D eigenvalue weighted by Crippen LogP contribution is 2.23. The van der Waals surface area contributed by atoms with Crippen LogP contribution < -0.4 is 5.32 Å². The number of hydrogen-bond acceptors (Lipinski definition) is 5. The molecule has 0 bridgehead atoms. The Balaban J connectivity index is 1.61. The smallest absolute Gasteiger partial charge is 0.243 e. The summed E-state index contributed by atoms with van der Waals surface area (Å²) in [6.07, 6.45) is 1.65. The highest BCUT2D eigenvalue weighted by atomic mass is 35.5. The number of aromatic nitrogens is 1. The van der Waals surface area contributed by atoms with Gasteiger partial charge in [-0.1, -0.05) is 17.7 Å². The number of halogens is 3. The summed E-state index contributed by atoms with van der Waals surface area (Å²) in [6, 6.07) is 8.92. The number of hydrogen-bond donors (Lipinski definition) is 1. The lowest BCUT2D eigenvalue weighted by molar-refractivity contribution is -0.116. The zero-order valence-electron chi connectivity index (χ0n) is 15.6. The first-order valence-corrected chi connectivity index (χ1v) is 11.2. The predicted octanol–water partition coefficient (Wildman–Crippen LogP) is 3.92. The fourth-order valence-electron chi connectivity index (χ4n) is 2.53. The lowest BCUT2D eigenvalue weighted by Gasteiger charge is -2.16. The number of nitrogens with zero attached hydrogens (tertiary/aromatic N) is 2. The first-order valence-electron chi connectivity index (χ1n) is 8.55. The number of sulfonamides is 1. The molecule has 0 unspecified atom stereocenters. The maximum Gasteiger partial charge on any atom is 0.243 e. The molecule has 0 aliphatic carbocycles. The molecule has 11 heteroatoms. The summed E-state index contributed by atoms with van der Waals surface area (Å²) in [6.45, 7) is -0.424. The summed E-state index contributed by atoms with van der Waals surface area (Å²) in [5, 5.41) is 3.17. The van der Waals surface area contributed by atoms with Gasteiger partial charge >= 0.3 is 0 Å². The summed E-state index contributed by atoms with van der Waals surface area (Å²) in [5.74, 6) is -1.90. The van der Waals surface area contributed by atoms with Crippen LogP contribution in [0, 0.1) is 11.6 Å². The van der Waals surface area contributed by atoms with Crippen LogP contribution in [0.15, 0.2) is 53.6 Å². The Morgan fingerprint density at radius 3 is 2.57 bits per heavy atom. The first kappa shape index (κ1) is 22.3. The van der Waals surface area contributed by atoms with Gasteiger partial charge in [-0.2, -0.15) is 4.31 Å². The van der Waals surface area contributed by atoms with Gasteiger partial charge in [-0.3, -0.25) is 4.79 Å². The molecule has 3 rings (SSSR count). The highest BCUT2D eigenvalue weighted by molar-refractivity contribution is 7.89. The van der Waals surface area contributed by atoms with Crippen molar-refractivity contribution in [1.29, 1.82) is 0 Å². The molecule has 1 N–H and O–H groups in total. The fourth-order valence-corrected chi connectivity index (χ4v) is 4.64. The third-order valence-electron chi connectivity index (χ3n) is 4.07. The number of thiazole rings is 1. The maximum absolute atomic E-state index is 13.8. The van der Waals surface area contributed by atoms with Crippen molar-refractivity contribution >= 4 is 44.0 Å². The third kappa shape index (κ3) is 5.39. The van der Waals surface area contributed by atoms with Gasteiger partial charge in [-0.25, -0.2) is 22.2 Å². The van der Waals surface area contributed by atoms with Crippen LogP contribution in [-0.4, -0.2) is 37.2 Å². The molecule has 0 fully saturated rings. The molecular weight excluding hydrogens is 456 g/mol. The van der Waals surface area contributed by atoms with Crippen molar-refractivity contribution in [2.24, 2.45) is 0 Å².